The van der Waals surface area contributed by atoms with Crippen molar-refractivity contribution >= 4 is 21.9 Å². The monoisotopic (exact) mass is 464 g/mol. The van der Waals surface area contributed by atoms with E-state index in [1.165, 1.54) is 23.5 Å². The number of benzene rings is 2. The first kappa shape index (κ1) is 23.7. The molecule has 0 saturated carbocycles. The van der Waals surface area contributed by atoms with Gasteiger partial charge in [-0.1, -0.05) is 18.2 Å². The highest BCUT2D eigenvalue weighted by Gasteiger charge is 2.34. The van der Waals surface area contributed by atoms with Crippen LogP contribution in [0.5, 0.6) is 5.75 Å². The van der Waals surface area contributed by atoms with E-state index in [2.05, 4.69) is 5.32 Å². The number of amides is 1. The van der Waals surface area contributed by atoms with Gasteiger partial charge in [-0.25, -0.2) is 12.8 Å². The Hall–Kier alpha value is -2.98. The van der Waals surface area contributed by atoms with Crippen molar-refractivity contribution in [1.82, 2.24) is 9.62 Å². The molecule has 8 nitrogen and oxygen atoms in total. The first-order valence-electron chi connectivity index (χ1n) is 10.1. The number of methoxy groups -OCH3 is 1. The molecule has 172 valence electrons. The van der Waals surface area contributed by atoms with Gasteiger partial charge in [-0.15, -0.1) is 0 Å². The van der Waals surface area contributed by atoms with E-state index in [0.717, 1.165) is 17.7 Å². The number of para-hydroxylation sites is 1. The van der Waals surface area contributed by atoms with Gasteiger partial charge < -0.3 is 14.8 Å². The second-order valence-corrected chi connectivity index (χ2v) is 9.29. The fraction of sp³-hybridized carbons (Fsp3) is 0.364. The summed E-state index contributed by atoms with van der Waals surface area (Å²) in [6, 6.07) is 11.8. The van der Waals surface area contributed by atoms with Gasteiger partial charge in [-0.3, -0.25) is 9.59 Å². The predicted molar refractivity (Wildman–Crippen MR) is 114 cm³/mol. The molecular weight excluding hydrogens is 439 g/mol. The zero-order valence-electron chi connectivity index (χ0n) is 17.6. The average molecular weight is 465 g/mol. The van der Waals surface area contributed by atoms with E-state index in [4.69, 9.17) is 9.47 Å². The van der Waals surface area contributed by atoms with Gasteiger partial charge in [-0.2, -0.15) is 4.31 Å². The summed E-state index contributed by atoms with van der Waals surface area (Å²) >= 11 is 0. The highest BCUT2D eigenvalue weighted by Crippen LogP contribution is 2.24. The molecule has 2 aromatic carbocycles. The van der Waals surface area contributed by atoms with Gasteiger partial charge in [0.15, 0.2) is 6.61 Å². The standard InChI is InChI=1S/C22H25FN2O6S/c1-30-20-7-3-2-5-16(20)13-24-21(26)15-31-22(27)17-6-4-12-25(14-17)32(28,29)19-10-8-18(23)9-11-19/h2-3,5,7-11,17H,4,6,12-15H2,1H3,(H,24,26). The molecule has 1 unspecified atom stereocenters. The number of nitrogens with zero attached hydrogens (tertiary/aromatic N) is 1. The Labute approximate surface area is 186 Å². The normalized spacial score (nSPS) is 16.9. The van der Waals surface area contributed by atoms with Gasteiger partial charge in [0.1, 0.15) is 11.6 Å². The minimum absolute atomic E-state index is 0.0383. The molecule has 0 radical (unpaired) electrons. The summed E-state index contributed by atoms with van der Waals surface area (Å²) in [7, 11) is -2.32. The SMILES string of the molecule is COc1ccccc1CNC(=O)COC(=O)C1CCCN(S(=O)(=O)c2ccc(F)cc2)C1. The lowest BCUT2D eigenvalue weighted by atomic mass is 10.00. The average Bonchev–Trinajstić information content (AvgIpc) is 2.81. The van der Waals surface area contributed by atoms with Gasteiger partial charge in [0.2, 0.25) is 10.0 Å². The Balaban J connectivity index is 1.51. The Kier molecular flexibility index (Phi) is 7.81. The maximum atomic E-state index is 13.1. The van der Waals surface area contributed by atoms with E-state index >= 15 is 0 Å². The molecule has 32 heavy (non-hydrogen) atoms. The number of sulfonamides is 1. The number of esters is 1. The molecule has 1 atom stereocenters. The quantitative estimate of drug-likeness (QED) is 0.601. The Morgan fingerprint density at radius 1 is 1.16 bits per heavy atom. The molecule has 1 heterocycles. The molecule has 0 aromatic heterocycles. The number of carbonyl (C=O) groups excluding carboxylic acids is 2. The van der Waals surface area contributed by atoms with E-state index in [0.29, 0.717) is 18.6 Å². The van der Waals surface area contributed by atoms with Crippen LogP contribution in [0.15, 0.2) is 53.4 Å². The topological polar surface area (TPSA) is 102 Å². The minimum atomic E-state index is -3.85. The van der Waals surface area contributed by atoms with Crippen molar-refractivity contribution in [2.75, 3.05) is 26.8 Å². The predicted octanol–water partition coefficient (Wildman–Crippen LogP) is 2.09. The molecule has 1 saturated heterocycles. The molecule has 0 aliphatic carbocycles. The molecule has 1 fully saturated rings. The van der Waals surface area contributed by atoms with E-state index in [9.17, 15) is 22.4 Å². The first-order chi connectivity index (χ1) is 15.3. The molecule has 10 heteroatoms. The van der Waals surface area contributed by atoms with Crippen LogP contribution in [-0.2, 0) is 30.9 Å². The van der Waals surface area contributed by atoms with Crippen LogP contribution < -0.4 is 10.1 Å². The zero-order chi connectivity index (χ0) is 23.1. The summed E-state index contributed by atoms with van der Waals surface area (Å²) in [6.45, 7) is -0.0486. The highest BCUT2D eigenvalue weighted by atomic mass is 32.2. The van der Waals surface area contributed by atoms with Crippen LogP contribution in [0.3, 0.4) is 0 Å². The fourth-order valence-electron chi connectivity index (χ4n) is 3.46. The van der Waals surface area contributed by atoms with Crippen molar-refractivity contribution < 1.29 is 31.9 Å². The number of ether oxygens (including phenoxy) is 2. The van der Waals surface area contributed by atoms with Crippen LogP contribution in [0.2, 0.25) is 0 Å². The Bertz CT molecular complexity index is 1060. The maximum absolute atomic E-state index is 13.1. The smallest absolute Gasteiger partial charge is 0.310 e. The van der Waals surface area contributed by atoms with Crippen LogP contribution in [0.25, 0.3) is 0 Å². The van der Waals surface area contributed by atoms with E-state index in [1.54, 1.807) is 6.07 Å². The van der Waals surface area contributed by atoms with Crippen molar-refractivity contribution in [2.24, 2.45) is 5.92 Å². The lowest BCUT2D eigenvalue weighted by Gasteiger charge is -2.30. The summed E-state index contributed by atoms with van der Waals surface area (Å²) < 4.78 is 50.2. The molecule has 0 bridgehead atoms. The van der Waals surface area contributed by atoms with E-state index in [1.807, 2.05) is 18.2 Å². The second kappa shape index (κ2) is 10.6. The fourth-order valence-corrected chi connectivity index (χ4v) is 4.98. The Morgan fingerprint density at radius 2 is 1.88 bits per heavy atom. The molecular formula is C22H25FN2O6S. The minimum Gasteiger partial charge on any atom is -0.496 e. The van der Waals surface area contributed by atoms with E-state index in [-0.39, 0.29) is 24.5 Å². The molecule has 1 amide bonds. The van der Waals surface area contributed by atoms with Crippen LogP contribution >= 0.6 is 0 Å². The molecule has 3 rings (SSSR count). The summed E-state index contributed by atoms with van der Waals surface area (Å²) in [6.07, 6.45) is 0.928. The van der Waals surface area contributed by atoms with Crippen LogP contribution in [-0.4, -0.2) is 51.4 Å². The van der Waals surface area contributed by atoms with Crippen LogP contribution in [0.1, 0.15) is 18.4 Å². The number of hydrogen-bond donors (Lipinski definition) is 1. The molecule has 1 aliphatic rings. The second-order valence-electron chi connectivity index (χ2n) is 7.35. The number of halogens is 1. The highest BCUT2D eigenvalue weighted by molar-refractivity contribution is 7.89. The van der Waals surface area contributed by atoms with Crippen molar-refractivity contribution in [1.29, 1.82) is 0 Å². The van der Waals surface area contributed by atoms with E-state index < -0.39 is 40.2 Å². The summed E-state index contributed by atoms with van der Waals surface area (Å²) in [5, 5.41) is 2.66. The number of rotatable bonds is 8. The van der Waals surface area contributed by atoms with Crippen molar-refractivity contribution in [3.8, 4) is 5.75 Å². The number of hydrogen-bond acceptors (Lipinski definition) is 6. The molecule has 0 spiro atoms. The third-order valence-corrected chi connectivity index (χ3v) is 7.06. The van der Waals surface area contributed by atoms with Crippen molar-refractivity contribution in [3.05, 3.63) is 59.9 Å². The van der Waals surface area contributed by atoms with Gasteiger partial charge in [0.25, 0.3) is 5.91 Å². The summed E-state index contributed by atoms with van der Waals surface area (Å²) in [5.74, 6) is -1.68. The van der Waals surface area contributed by atoms with Crippen molar-refractivity contribution in [2.45, 2.75) is 24.3 Å². The number of nitrogens with one attached hydrogen (secondary N) is 1. The Morgan fingerprint density at radius 3 is 2.59 bits per heavy atom. The largest absolute Gasteiger partial charge is 0.496 e. The molecule has 2 aromatic rings. The third kappa shape index (κ3) is 5.83. The number of carbonyl (C=O) groups is 2. The van der Waals surface area contributed by atoms with Gasteiger partial charge >= 0.3 is 5.97 Å². The maximum Gasteiger partial charge on any atom is 0.310 e. The van der Waals surface area contributed by atoms with Gasteiger partial charge in [-0.05, 0) is 43.2 Å². The van der Waals surface area contributed by atoms with Gasteiger partial charge in [0, 0.05) is 25.2 Å². The lowest BCUT2D eigenvalue weighted by Crippen LogP contribution is -2.43. The van der Waals surface area contributed by atoms with Crippen LogP contribution in [0, 0.1) is 11.7 Å². The number of piperidine rings is 1. The van der Waals surface area contributed by atoms with Crippen molar-refractivity contribution in [3.63, 3.8) is 0 Å². The summed E-state index contributed by atoms with van der Waals surface area (Å²) in [4.78, 5) is 24.5. The van der Waals surface area contributed by atoms with Gasteiger partial charge in [0.05, 0.1) is 17.9 Å². The zero-order valence-corrected chi connectivity index (χ0v) is 18.4. The lowest BCUT2D eigenvalue weighted by molar-refractivity contribution is -0.153. The third-order valence-electron chi connectivity index (χ3n) is 5.18. The van der Waals surface area contributed by atoms with Crippen LogP contribution in [0.4, 0.5) is 4.39 Å². The summed E-state index contributed by atoms with van der Waals surface area (Å²) in [5.41, 5.74) is 0.781. The molecule has 1 aliphatic heterocycles. The first-order valence-corrected chi connectivity index (χ1v) is 11.6. The molecule has 1 N–H and O–H groups in total.